The van der Waals surface area contributed by atoms with Crippen LogP contribution in [-0.2, 0) is 0 Å². The van der Waals surface area contributed by atoms with Gasteiger partial charge >= 0.3 is 5.91 Å². The van der Waals surface area contributed by atoms with Gasteiger partial charge in [-0.3, -0.25) is 4.90 Å². The standard InChI is InChI=1S/C17H24ClN3O3/c1-19(2)14-9-16(24-3)12(8-13(14)18)17(22)21(23)15-10-20-6-4-11(15)5-7-20/h8-9,11,15,21H,4-7,10H2,1-3H3. The van der Waals surface area contributed by atoms with Crippen LogP contribution >= 0.6 is 11.6 Å². The minimum absolute atomic E-state index is 0.197. The van der Waals surface area contributed by atoms with E-state index in [2.05, 4.69) is 4.90 Å². The SMILES string of the molecule is COc1cc(N(C)C)c(Cl)cc1C(=O)[NH+]([O-])C1CN2CCC1CC2. The molecule has 7 heteroatoms. The number of amides is 1. The summed E-state index contributed by atoms with van der Waals surface area (Å²) in [6.45, 7) is 2.77. The molecule has 0 aromatic heterocycles. The number of quaternary nitrogens is 1. The van der Waals surface area contributed by atoms with E-state index in [1.807, 2.05) is 19.0 Å². The predicted molar refractivity (Wildman–Crippen MR) is 93.9 cm³/mol. The van der Waals surface area contributed by atoms with Gasteiger partial charge in [0, 0.05) is 26.1 Å². The zero-order chi connectivity index (χ0) is 17.4. The topological polar surface area (TPSA) is 60.3 Å². The number of ether oxygens (including phenoxy) is 1. The number of benzene rings is 1. The van der Waals surface area contributed by atoms with E-state index in [0.717, 1.165) is 31.6 Å². The Morgan fingerprint density at radius 3 is 2.54 bits per heavy atom. The molecule has 4 rings (SSSR count). The fourth-order valence-corrected chi connectivity index (χ4v) is 4.13. The quantitative estimate of drug-likeness (QED) is 0.819. The van der Waals surface area contributed by atoms with E-state index in [0.29, 0.717) is 23.2 Å². The second kappa shape index (κ2) is 6.88. The van der Waals surface area contributed by atoms with Crippen molar-refractivity contribution in [2.45, 2.75) is 18.9 Å². The number of anilines is 1. The lowest BCUT2D eigenvalue weighted by molar-refractivity contribution is -0.796. The number of methoxy groups -OCH3 is 1. The first-order valence-corrected chi connectivity index (χ1v) is 8.66. The lowest BCUT2D eigenvalue weighted by Gasteiger charge is -2.47. The molecule has 1 aromatic carbocycles. The van der Waals surface area contributed by atoms with Crippen molar-refractivity contribution < 1.29 is 14.6 Å². The van der Waals surface area contributed by atoms with Gasteiger partial charge in [0.2, 0.25) is 0 Å². The summed E-state index contributed by atoms with van der Waals surface area (Å²) < 4.78 is 5.34. The highest BCUT2D eigenvalue weighted by molar-refractivity contribution is 6.33. The minimum Gasteiger partial charge on any atom is -0.626 e. The number of hydrogen-bond acceptors (Lipinski definition) is 5. The largest absolute Gasteiger partial charge is 0.626 e. The van der Waals surface area contributed by atoms with Crippen molar-refractivity contribution in [3.05, 3.63) is 27.9 Å². The van der Waals surface area contributed by atoms with E-state index in [1.165, 1.54) is 7.11 Å². The minimum atomic E-state index is -0.488. The first kappa shape index (κ1) is 17.5. The van der Waals surface area contributed by atoms with Crippen molar-refractivity contribution >= 4 is 23.2 Å². The lowest BCUT2D eigenvalue weighted by atomic mass is 9.83. The zero-order valence-corrected chi connectivity index (χ0v) is 15.1. The van der Waals surface area contributed by atoms with E-state index >= 15 is 0 Å². The Bertz CT molecular complexity index is 630. The van der Waals surface area contributed by atoms with Gasteiger partial charge < -0.3 is 19.9 Å². The normalized spacial score (nSPS) is 27.0. The van der Waals surface area contributed by atoms with Crippen LogP contribution in [0, 0.1) is 11.1 Å². The number of hydrogen-bond donors (Lipinski definition) is 1. The summed E-state index contributed by atoms with van der Waals surface area (Å²) in [5.41, 5.74) is 1.01. The van der Waals surface area contributed by atoms with Crippen LogP contribution < -0.4 is 14.7 Å². The molecule has 1 aromatic rings. The maximum absolute atomic E-state index is 12.8. The molecule has 1 amide bonds. The van der Waals surface area contributed by atoms with Crippen LogP contribution in [0.2, 0.25) is 5.02 Å². The van der Waals surface area contributed by atoms with Crippen molar-refractivity contribution in [2.24, 2.45) is 5.92 Å². The van der Waals surface area contributed by atoms with E-state index in [9.17, 15) is 10.0 Å². The van der Waals surface area contributed by atoms with E-state index < -0.39 is 5.91 Å². The molecule has 3 heterocycles. The number of halogens is 1. The molecule has 3 saturated heterocycles. The molecule has 0 saturated carbocycles. The van der Waals surface area contributed by atoms with Crippen molar-refractivity contribution in [1.29, 1.82) is 0 Å². The number of rotatable bonds is 4. The Morgan fingerprint density at radius 2 is 2.04 bits per heavy atom. The summed E-state index contributed by atoms with van der Waals surface area (Å²) >= 11 is 6.28. The van der Waals surface area contributed by atoms with Gasteiger partial charge in [-0.2, -0.15) is 0 Å². The van der Waals surface area contributed by atoms with Gasteiger partial charge in [-0.25, -0.2) is 4.79 Å². The molecule has 3 fully saturated rings. The molecule has 6 nitrogen and oxygen atoms in total. The first-order chi connectivity index (χ1) is 11.4. The van der Waals surface area contributed by atoms with Crippen molar-refractivity contribution in [3.8, 4) is 5.75 Å². The molecule has 0 spiro atoms. The average molecular weight is 354 g/mol. The molecule has 0 aliphatic carbocycles. The number of nitrogens with one attached hydrogen (secondary N) is 1. The Morgan fingerprint density at radius 1 is 1.38 bits per heavy atom. The molecule has 3 aliphatic heterocycles. The smallest absolute Gasteiger partial charge is 0.348 e. The fourth-order valence-electron chi connectivity index (χ4n) is 3.79. The molecule has 132 valence electrons. The van der Waals surface area contributed by atoms with Crippen LogP contribution in [0.15, 0.2) is 12.1 Å². The third-order valence-corrected chi connectivity index (χ3v) is 5.51. The third-order valence-electron chi connectivity index (χ3n) is 5.21. The average Bonchev–Trinajstić information content (AvgIpc) is 2.60. The first-order valence-electron chi connectivity index (χ1n) is 8.28. The lowest BCUT2D eigenvalue weighted by Crippen LogP contribution is -3.16. The summed E-state index contributed by atoms with van der Waals surface area (Å²) in [5, 5.41) is 12.9. The molecular formula is C17H24ClN3O3. The highest BCUT2D eigenvalue weighted by Crippen LogP contribution is 2.32. The number of nitrogens with zero attached hydrogens (tertiary/aromatic N) is 2. The van der Waals surface area contributed by atoms with Crippen LogP contribution in [0.25, 0.3) is 0 Å². The summed E-state index contributed by atoms with van der Waals surface area (Å²) in [4.78, 5) is 16.9. The highest BCUT2D eigenvalue weighted by atomic mass is 35.5. The summed E-state index contributed by atoms with van der Waals surface area (Å²) in [6.07, 6.45) is 2.00. The summed E-state index contributed by atoms with van der Waals surface area (Å²) in [6, 6.07) is 3.06. The molecule has 2 unspecified atom stereocenters. The Hall–Kier alpha value is -1.34. The van der Waals surface area contributed by atoms with E-state index in [1.54, 1.807) is 12.1 Å². The van der Waals surface area contributed by atoms with Crippen molar-refractivity contribution in [1.82, 2.24) is 4.90 Å². The fraction of sp³-hybridized carbons (Fsp3) is 0.588. The van der Waals surface area contributed by atoms with Crippen LogP contribution in [0.5, 0.6) is 5.75 Å². The Kier molecular flexibility index (Phi) is 5.01. The third kappa shape index (κ3) is 3.11. The number of hydroxylamine groups is 2. The van der Waals surface area contributed by atoms with Crippen LogP contribution in [0.1, 0.15) is 23.2 Å². The number of carbonyl (C=O) groups excluding carboxylic acids is 1. The number of carbonyl (C=O) groups is 1. The van der Waals surface area contributed by atoms with Crippen molar-refractivity contribution in [3.63, 3.8) is 0 Å². The number of fused-ring (bicyclic) bond motifs is 3. The van der Waals surface area contributed by atoms with Gasteiger partial charge in [0.25, 0.3) is 0 Å². The highest BCUT2D eigenvalue weighted by Gasteiger charge is 2.40. The van der Waals surface area contributed by atoms with Gasteiger partial charge in [-0.15, -0.1) is 0 Å². The number of piperidine rings is 3. The zero-order valence-electron chi connectivity index (χ0n) is 14.3. The maximum Gasteiger partial charge on any atom is 0.348 e. The van der Waals surface area contributed by atoms with E-state index in [-0.39, 0.29) is 16.7 Å². The summed E-state index contributed by atoms with van der Waals surface area (Å²) in [5.74, 6) is 0.231. The maximum atomic E-state index is 12.8. The second-order valence-electron chi connectivity index (χ2n) is 6.84. The Labute approximate surface area is 147 Å². The second-order valence-corrected chi connectivity index (χ2v) is 7.24. The molecule has 1 N–H and O–H groups in total. The molecular weight excluding hydrogens is 330 g/mol. The van der Waals surface area contributed by atoms with E-state index in [4.69, 9.17) is 16.3 Å². The van der Waals surface area contributed by atoms with Gasteiger partial charge in [0.1, 0.15) is 17.4 Å². The van der Waals surface area contributed by atoms with Gasteiger partial charge in [-0.05, 0) is 32.0 Å². The van der Waals surface area contributed by atoms with Crippen LogP contribution in [-0.4, -0.2) is 57.7 Å². The molecule has 0 radical (unpaired) electrons. The van der Waals surface area contributed by atoms with Crippen LogP contribution in [0.4, 0.5) is 5.69 Å². The van der Waals surface area contributed by atoms with Gasteiger partial charge in [-0.1, -0.05) is 11.6 Å². The van der Waals surface area contributed by atoms with Gasteiger partial charge in [0.05, 0.1) is 24.4 Å². The van der Waals surface area contributed by atoms with Crippen LogP contribution in [0.3, 0.4) is 0 Å². The van der Waals surface area contributed by atoms with Gasteiger partial charge in [0.15, 0.2) is 0 Å². The summed E-state index contributed by atoms with van der Waals surface area (Å²) in [7, 11) is 5.22. The monoisotopic (exact) mass is 353 g/mol. The molecule has 2 bridgehead atoms. The predicted octanol–water partition coefficient (Wildman–Crippen LogP) is 1.03. The van der Waals surface area contributed by atoms with Crippen molar-refractivity contribution in [2.75, 3.05) is 45.7 Å². The Balaban J connectivity index is 1.87. The molecule has 24 heavy (non-hydrogen) atoms. The molecule has 2 atom stereocenters. The molecule has 3 aliphatic rings.